The van der Waals surface area contributed by atoms with Crippen LogP contribution in [0.15, 0.2) is 24.3 Å². The number of para-hydroxylation sites is 1. The Morgan fingerprint density at radius 3 is 2.71 bits per heavy atom. The van der Waals surface area contributed by atoms with Gasteiger partial charge in [-0.05, 0) is 25.1 Å². The van der Waals surface area contributed by atoms with Crippen LogP contribution in [0.1, 0.15) is 23.8 Å². The van der Waals surface area contributed by atoms with Gasteiger partial charge in [0.15, 0.2) is 0 Å². The zero-order valence-corrected chi connectivity index (χ0v) is 12.4. The minimum atomic E-state index is 0.0711. The number of piperazine rings is 1. The van der Waals surface area contributed by atoms with Gasteiger partial charge in [-0.25, -0.2) is 0 Å². The van der Waals surface area contributed by atoms with Crippen molar-refractivity contribution < 1.29 is 4.79 Å². The molecule has 1 saturated heterocycles. The van der Waals surface area contributed by atoms with Crippen LogP contribution >= 0.6 is 0 Å². The molecular formula is C16H22N4O. The van der Waals surface area contributed by atoms with E-state index in [1.807, 2.05) is 29.2 Å². The lowest BCUT2D eigenvalue weighted by atomic mass is 10.2. The fourth-order valence-electron chi connectivity index (χ4n) is 2.96. The Morgan fingerprint density at radius 2 is 2.05 bits per heavy atom. The number of H-pyrrole nitrogens is 1. The summed E-state index contributed by atoms with van der Waals surface area (Å²) in [6, 6.07) is 7.62. The van der Waals surface area contributed by atoms with Crippen LogP contribution in [0.25, 0.3) is 10.9 Å². The summed E-state index contributed by atoms with van der Waals surface area (Å²) in [6.07, 6.45) is 1.16. The van der Waals surface area contributed by atoms with E-state index >= 15 is 0 Å². The molecule has 0 unspecified atom stereocenters. The smallest absolute Gasteiger partial charge is 0.270 e. The van der Waals surface area contributed by atoms with Gasteiger partial charge in [-0.3, -0.25) is 9.69 Å². The highest BCUT2D eigenvalue weighted by Crippen LogP contribution is 2.22. The van der Waals surface area contributed by atoms with Crippen molar-refractivity contribution in [1.29, 1.82) is 0 Å². The van der Waals surface area contributed by atoms with Crippen LogP contribution in [0.2, 0.25) is 0 Å². The van der Waals surface area contributed by atoms with E-state index in [1.54, 1.807) is 0 Å². The minimum Gasteiger partial charge on any atom is -0.397 e. The van der Waals surface area contributed by atoms with E-state index in [0.29, 0.717) is 11.4 Å². The van der Waals surface area contributed by atoms with E-state index in [0.717, 1.165) is 50.0 Å². The third-order valence-corrected chi connectivity index (χ3v) is 4.12. The summed E-state index contributed by atoms with van der Waals surface area (Å²) in [7, 11) is 0. The van der Waals surface area contributed by atoms with Crippen LogP contribution in [0.5, 0.6) is 0 Å². The summed E-state index contributed by atoms with van der Waals surface area (Å²) in [5, 5.41) is 0.989. The molecule has 112 valence electrons. The van der Waals surface area contributed by atoms with E-state index in [-0.39, 0.29) is 5.91 Å². The Kier molecular flexibility index (Phi) is 3.84. The zero-order chi connectivity index (χ0) is 14.8. The molecule has 0 atom stereocenters. The number of carbonyl (C=O) groups excluding carboxylic acids is 1. The zero-order valence-electron chi connectivity index (χ0n) is 12.4. The molecule has 0 spiro atoms. The first-order valence-corrected chi connectivity index (χ1v) is 7.58. The van der Waals surface area contributed by atoms with Crippen molar-refractivity contribution in [2.45, 2.75) is 13.3 Å². The van der Waals surface area contributed by atoms with Gasteiger partial charge < -0.3 is 15.6 Å². The first kappa shape index (κ1) is 13.9. The standard InChI is InChI=1S/C16H22N4O/c1-2-6-19-7-9-20(10-8-19)16(21)14-11-12-4-3-5-13(17)15(12)18-14/h3-5,11,18H,2,6-10,17H2,1H3. The number of amides is 1. The van der Waals surface area contributed by atoms with Crippen molar-refractivity contribution in [1.82, 2.24) is 14.8 Å². The lowest BCUT2D eigenvalue weighted by molar-refractivity contribution is 0.0632. The number of hydrogen-bond acceptors (Lipinski definition) is 3. The van der Waals surface area contributed by atoms with Gasteiger partial charge in [0, 0.05) is 31.6 Å². The lowest BCUT2D eigenvalue weighted by Gasteiger charge is -2.34. The van der Waals surface area contributed by atoms with E-state index in [2.05, 4.69) is 16.8 Å². The van der Waals surface area contributed by atoms with Crippen LogP contribution in [0.4, 0.5) is 5.69 Å². The number of benzene rings is 1. The molecule has 0 bridgehead atoms. The quantitative estimate of drug-likeness (QED) is 0.847. The van der Waals surface area contributed by atoms with Crippen molar-refractivity contribution in [3.05, 3.63) is 30.0 Å². The Labute approximate surface area is 124 Å². The molecule has 1 aromatic heterocycles. The number of aromatic amines is 1. The predicted molar refractivity (Wildman–Crippen MR) is 85.3 cm³/mol. The van der Waals surface area contributed by atoms with E-state index in [9.17, 15) is 4.79 Å². The predicted octanol–water partition coefficient (Wildman–Crippen LogP) is 1.92. The van der Waals surface area contributed by atoms with Gasteiger partial charge in [0.25, 0.3) is 5.91 Å². The summed E-state index contributed by atoms with van der Waals surface area (Å²) >= 11 is 0. The maximum absolute atomic E-state index is 12.6. The molecule has 21 heavy (non-hydrogen) atoms. The van der Waals surface area contributed by atoms with Gasteiger partial charge in [-0.15, -0.1) is 0 Å². The number of nitrogens with one attached hydrogen (secondary N) is 1. The molecule has 0 radical (unpaired) electrons. The van der Waals surface area contributed by atoms with Gasteiger partial charge in [0.05, 0.1) is 11.2 Å². The molecule has 3 rings (SSSR count). The van der Waals surface area contributed by atoms with Crippen LogP contribution < -0.4 is 5.73 Å². The molecule has 0 saturated carbocycles. The largest absolute Gasteiger partial charge is 0.397 e. The topological polar surface area (TPSA) is 65.4 Å². The first-order valence-electron chi connectivity index (χ1n) is 7.58. The summed E-state index contributed by atoms with van der Waals surface area (Å²) in [4.78, 5) is 20.1. The van der Waals surface area contributed by atoms with Crippen molar-refractivity contribution in [3.8, 4) is 0 Å². The fourth-order valence-corrected chi connectivity index (χ4v) is 2.96. The number of carbonyl (C=O) groups is 1. The summed E-state index contributed by atoms with van der Waals surface area (Å²) in [5.41, 5.74) is 8.10. The molecule has 2 aromatic rings. The third-order valence-electron chi connectivity index (χ3n) is 4.12. The SMILES string of the molecule is CCCN1CCN(C(=O)c2cc3cccc(N)c3[nH]2)CC1. The Morgan fingerprint density at radius 1 is 1.29 bits per heavy atom. The van der Waals surface area contributed by atoms with Crippen LogP contribution in [-0.4, -0.2) is 53.4 Å². The second-order valence-electron chi connectivity index (χ2n) is 5.63. The van der Waals surface area contributed by atoms with Crippen molar-refractivity contribution >= 4 is 22.5 Å². The lowest BCUT2D eigenvalue weighted by Crippen LogP contribution is -2.48. The number of rotatable bonds is 3. The Balaban J connectivity index is 1.74. The molecule has 3 N–H and O–H groups in total. The summed E-state index contributed by atoms with van der Waals surface area (Å²) < 4.78 is 0. The normalized spacial score (nSPS) is 16.5. The molecular weight excluding hydrogens is 264 g/mol. The number of fused-ring (bicyclic) bond motifs is 1. The van der Waals surface area contributed by atoms with Crippen molar-refractivity contribution in [2.75, 3.05) is 38.5 Å². The van der Waals surface area contributed by atoms with Crippen molar-refractivity contribution in [2.24, 2.45) is 0 Å². The number of aromatic nitrogens is 1. The van der Waals surface area contributed by atoms with Gasteiger partial charge in [-0.2, -0.15) is 0 Å². The second-order valence-corrected chi connectivity index (χ2v) is 5.63. The van der Waals surface area contributed by atoms with Crippen LogP contribution in [-0.2, 0) is 0 Å². The molecule has 1 aliphatic rings. The average molecular weight is 286 g/mol. The summed E-state index contributed by atoms with van der Waals surface area (Å²) in [6.45, 7) is 6.81. The van der Waals surface area contributed by atoms with Gasteiger partial charge in [-0.1, -0.05) is 19.1 Å². The van der Waals surface area contributed by atoms with Crippen LogP contribution in [0, 0.1) is 0 Å². The molecule has 0 aliphatic carbocycles. The number of hydrogen-bond donors (Lipinski definition) is 2. The molecule has 1 aliphatic heterocycles. The molecule has 2 heterocycles. The monoisotopic (exact) mass is 286 g/mol. The molecule has 1 amide bonds. The maximum atomic E-state index is 12.6. The molecule has 1 fully saturated rings. The van der Waals surface area contributed by atoms with E-state index < -0.39 is 0 Å². The van der Waals surface area contributed by atoms with E-state index in [4.69, 9.17) is 5.73 Å². The number of anilines is 1. The molecule has 5 heteroatoms. The second kappa shape index (κ2) is 5.77. The number of nitrogen functional groups attached to an aromatic ring is 1. The Hall–Kier alpha value is -2.01. The van der Waals surface area contributed by atoms with Gasteiger partial charge in [0.2, 0.25) is 0 Å². The van der Waals surface area contributed by atoms with Crippen LogP contribution in [0.3, 0.4) is 0 Å². The Bertz CT molecular complexity index is 641. The van der Waals surface area contributed by atoms with Gasteiger partial charge >= 0.3 is 0 Å². The van der Waals surface area contributed by atoms with Crippen molar-refractivity contribution in [3.63, 3.8) is 0 Å². The van der Waals surface area contributed by atoms with Gasteiger partial charge in [0.1, 0.15) is 5.69 Å². The average Bonchev–Trinajstić information content (AvgIpc) is 2.93. The highest BCUT2D eigenvalue weighted by atomic mass is 16.2. The number of nitrogens with zero attached hydrogens (tertiary/aromatic N) is 2. The van der Waals surface area contributed by atoms with E-state index in [1.165, 1.54) is 0 Å². The third kappa shape index (κ3) is 2.74. The highest BCUT2D eigenvalue weighted by Gasteiger charge is 2.22. The fraction of sp³-hybridized carbons (Fsp3) is 0.438. The summed E-state index contributed by atoms with van der Waals surface area (Å²) in [5.74, 6) is 0.0711. The first-order chi connectivity index (χ1) is 10.2. The number of nitrogens with two attached hydrogens (primary N) is 1. The minimum absolute atomic E-state index is 0.0711. The highest BCUT2D eigenvalue weighted by molar-refractivity contribution is 6.00. The maximum Gasteiger partial charge on any atom is 0.270 e. The molecule has 5 nitrogen and oxygen atoms in total. The molecule has 1 aromatic carbocycles.